The van der Waals surface area contributed by atoms with E-state index in [1.807, 2.05) is 18.2 Å². The smallest absolute Gasteiger partial charge is 0.355 e. The van der Waals surface area contributed by atoms with E-state index in [9.17, 15) is 14.4 Å². The van der Waals surface area contributed by atoms with Crippen LogP contribution in [0.1, 0.15) is 69.0 Å². The molecule has 7 heteroatoms. The Morgan fingerprint density at radius 1 is 1.14 bits per heavy atom. The minimum atomic E-state index is -0.647. The number of rotatable bonds is 6. The standard InChI is InChI=1S/C22H26N2O5/c1-4-28-22(27)20-13(2)19(14(3)23-20)21(26)29-12-18(25)24-17-11-7-9-15-8-5-6-10-16(15)17/h5-6,8,10,17,23H,4,7,9,11-12H2,1-3H3,(H,24,25). The van der Waals surface area contributed by atoms with Crippen LogP contribution in [0.4, 0.5) is 0 Å². The molecule has 0 spiro atoms. The highest BCUT2D eigenvalue weighted by Crippen LogP contribution is 2.29. The first kappa shape index (κ1) is 20.6. The molecule has 1 aromatic carbocycles. The lowest BCUT2D eigenvalue weighted by molar-refractivity contribution is -0.125. The van der Waals surface area contributed by atoms with Crippen LogP contribution in [0.3, 0.4) is 0 Å². The summed E-state index contributed by atoms with van der Waals surface area (Å²) in [7, 11) is 0. The van der Waals surface area contributed by atoms with Crippen molar-refractivity contribution in [3.8, 4) is 0 Å². The molecule has 154 valence electrons. The largest absolute Gasteiger partial charge is 0.461 e. The molecule has 0 bridgehead atoms. The summed E-state index contributed by atoms with van der Waals surface area (Å²) < 4.78 is 10.2. The van der Waals surface area contributed by atoms with Gasteiger partial charge in [-0.1, -0.05) is 24.3 Å². The molecule has 29 heavy (non-hydrogen) atoms. The zero-order chi connectivity index (χ0) is 21.0. The SMILES string of the molecule is CCOC(=O)c1[nH]c(C)c(C(=O)OCC(=O)NC2CCCc3ccccc32)c1C. The molecule has 0 aliphatic heterocycles. The normalized spacial score (nSPS) is 15.3. The van der Waals surface area contributed by atoms with Crippen LogP contribution in [-0.4, -0.2) is 36.0 Å². The maximum absolute atomic E-state index is 12.5. The van der Waals surface area contributed by atoms with Gasteiger partial charge in [0.25, 0.3) is 5.91 Å². The monoisotopic (exact) mass is 398 g/mol. The molecule has 0 fully saturated rings. The third-order valence-corrected chi connectivity index (χ3v) is 5.16. The summed E-state index contributed by atoms with van der Waals surface area (Å²) in [6, 6.07) is 7.98. The van der Waals surface area contributed by atoms with Gasteiger partial charge in [-0.25, -0.2) is 9.59 Å². The Balaban J connectivity index is 1.62. The molecule has 1 atom stereocenters. The molecule has 3 rings (SSSR count). The lowest BCUT2D eigenvalue weighted by Gasteiger charge is -2.26. The van der Waals surface area contributed by atoms with Gasteiger partial charge in [0, 0.05) is 5.69 Å². The molecular weight excluding hydrogens is 372 g/mol. The maximum Gasteiger partial charge on any atom is 0.355 e. The van der Waals surface area contributed by atoms with E-state index in [1.54, 1.807) is 20.8 Å². The number of aromatic nitrogens is 1. The summed E-state index contributed by atoms with van der Waals surface area (Å²) in [5, 5.41) is 2.95. The third-order valence-electron chi connectivity index (χ3n) is 5.16. The van der Waals surface area contributed by atoms with E-state index in [0.29, 0.717) is 11.3 Å². The molecule has 1 unspecified atom stereocenters. The van der Waals surface area contributed by atoms with E-state index in [-0.39, 0.29) is 36.4 Å². The Morgan fingerprint density at radius 2 is 1.90 bits per heavy atom. The summed E-state index contributed by atoms with van der Waals surface area (Å²) in [5.41, 5.74) is 3.79. The van der Waals surface area contributed by atoms with Gasteiger partial charge >= 0.3 is 11.9 Å². The molecule has 2 N–H and O–H groups in total. The van der Waals surface area contributed by atoms with Crippen molar-refractivity contribution in [2.75, 3.05) is 13.2 Å². The van der Waals surface area contributed by atoms with Crippen molar-refractivity contribution in [2.45, 2.75) is 46.1 Å². The molecule has 2 aromatic rings. The second kappa shape index (κ2) is 8.94. The fourth-order valence-corrected chi connectivity index (χ4v) is 3.81. The summed E-state index contributed by atoms with van der Waals surface area (Å²) in [4.78, 5) is 39.7. The van der Waals surface area contributed by atoms with Crippen molar-refractivity contribution in [1.29, 1.82) is 0 Å². The van der Waals surface area contributed by atoms with E-state index >= 15 is 0 Å². The highest BCUT2D eigenvalue weighted by atomic mass is 16.5. The average molecular weight is 398 g/mol. The van der Waals surface area contributed by atoms with Crippen LogP contribution in [0.25, 0.3) is 0 Å². The number of hydrogen-bond acceptors (Lipinski definition) is 5. The van der Waals surface area contributed by atoms with Gasteiger partial charge in [0.15, 0.2) is 6.61 Å². The van der Waals surface area contributed by atoms with Crippen LogP contribution < -0.4 is 5.32 Å². The number of amides is 1. The number of carbonyl (C=O) groups excluding carboxylic acids is 3. The van der Waals surface area contributed by atoms with Crippen molar-refractivity contribution in [3.05, 3.63) is 57.9 Å². The highest BCUT2D eigenvalue weighted by Gasteiger charge is 2.25. The number of fused-ring (bicyclic) bond motifs is 1. The number of nitrogens with one attached hydrogen (secondary N) is 2. The zero-order valence-corrected chi connectivity index (χ0v) is 17.0. The van der Waals surface area contributed by atoms with Crippen molar-refractivity contribution >= 4 is 17.8 Å². The minimum absolute atomic E-state index is 0.0719. The zero-order valence-electron chi connectivity index (χ0n) is 17.0. The second-order valence-corrected chi connectivity index (χ2v) is 7.13. The minimum Gasteiger partial charge on any atom is -0.461 e. The van der Waals surface area contributed by atoms with Gasteiger partial charge < -0.3 is 19.8 Å². The average Bonchev–Trinajstić information content (AvgIpc) is 3.01. The lowest BCUT2D eigenvalue weighted by Crippen LogP contribution is -2.34. The Bertz CT molecular complexity index is 931. The Kier molecular flexibility index (Phi) is 6.36. The molecule has 1 heterocycles. The van der Waals surface area contributed by atoms with E-state index in [0.717, 1.165) is 24.8 Å². The molecule has 7 nitrogen and oxygen atoms in total. The Morgan fingerprint density at radius 3 is 2.66 bits per heavy atom. The van der Waals surface area contributed by atoms with Crippen molar-refractivity contribution in [2.24, 2.45) is 0 Å². The number of H-pyrrole nitrogens is 1. The quantitative estimate of drug-likeness (QED) is 0.729. The molecule has 0 saturated heterocycles. The number of aryl methyl sites for hydroxylation is 2. The first-order valence-electron chi connectivity index (χ1n) is 9.83. The predicted octanol–water partition coefficient (Wildman–Crippen LogP) is 3.16. The van der Waals surface area contributed by atoms with Gasteiger partial charge in [0.1, 0.15) is 5.69 Å². The molecule has 0 saturated carbocycles. The molecule has 1 amide bonds. The van der Waals surface area contributed by atoms with Gasteiger partial charge in [-0.2, -0.15) is 0 Å². The number of carbonyl (C=O) groups is 3. The maximum atomic E-state index is 12.5. The Hall–Kier alpha value is -3.09. The topological polar surface area (TPSA) is 97.5 Å². The summed E-state index contributed by atoms with van der Waals surface area (Å²) in [5.74, 6) is -1.52. The number of esters is 2. The van der Waals surface area contributed by atoms with E-state index in [1.165, 1.54) is 5.56 Å². The number of ether oxygens (including phenoxy) is 2. The summed E-state index contributed by atoms with van der Waals surface area (Å²) in [6.45, 7) is 4.88. The predicted molar refractivity (Wildman–Crippen MR) is 107 cm³/mol. The molecular formula is C22H26N2O5. The van der Waals surface area contributed by atoms with Gasteiger partial charge in [0.2, 0.25) is 0 Å². The van der Waals surface area contributed by atoms with Crippen LogP contribution in [0, 0.1) is 13.8 Å². The van der Waals surface area contributed by atoms with Crippen molar-refractivity contribution in [3.63, 3.8) is 0 Å². The molecule has 1 aliphatic carbocycles. The van der Waals surface area contributed by atoms with Gasteiger partial charge in [-0.15, -0.1) is 0 Å². The fourth-order valence-electron chi connectivity index (χ4n) is 3.81. The van der Waals surface area contributed by atoms with Crippen LogP contribution >= 0.6 is 0 Å². The second-order valence-electron chi connectivity index (χ2n) is 7.13. The number of benzene rings is 1. The first-order valence-corrected chi connectivity index (χ1v) is 9.83. The van der Waals surface area contributed by atoms with Gasteiger partial charge in [-0.05, 0) is 56.7 Å². The van der Waals surface area contributed by atoms with E-state index in [4.69, 9.17) is 9.47 Å². The molecule has 1 aliphatic rings. The van der Waals surface area contributed by atoms with E-state index in [2.05, 4.69) is 16.4 Å². The van der Waals surface area contributed by atoms with Crippen molar-refractivity contribution < 1.29 is 23.9 Å². The van der Waals surface area contributed by atoms with Crippen LogP contribution in [0.2, 0.25) is 0 Å². The van der Waals surface area contributed by atoms with E-state index < -0.39 is 11.9 Å². The van der Waals surface area contributed by atoms with Crippen LogP contribution in [0.5, 0.6) is 0 Å². The number of hydrogen-bond donors (Lipinski definition) is 2. The van der Waals surface area contributed by atoms with Crippen molar-refractivity contribution in [1.82, 2.24) is 10.3 Å². The molecule has 1 aromatic heterocycles. The summed E-state index contributed by atoms with van der Waals surface area (Å²) in [6.07, 6.45) is 2.86. The third kappa shape index (κ3) is 4.50. The number of aromatic amines is 1. The van der Waals surface area contributed by atoms with Crippen LogP contribution in [-0.2, 0) is 20.7 Å². The lowest BCUT2D eigenvalue weighted by atomic mass is 9.88. The first-order chi connectivity index (χ1) is 13.9. The molecule has 0 radical (unpaired) electrons. The fraction of sp³-hybridized carbons (Fsp3) is 0.409. The van der Waals surface area contributed by atoms with Crippen LogP contribution in [0.15, 0.2) is 24.3 Å². The van der Waals surface area contributed by atoms with Gasteiger partial charge in [-0.3, -0.25) is 4.79 Å². The Labute approximate surface area is 169 Å². The van der Waals surface area contributed by atoms with Gasteiger partial charge in [0.05, 0.1) is 18.2 Å². The summed E-state index contributed by atoms with van der Waals surface area (Å²) >= 11 is 0. The highest BCUT2D eigenvalue weighted by molar-refractivity contribution is 5.99.